The second-order valence-corrected chi connectivity index (χ2v) is 6.37. The molecule has 1 N–H and O–H groups in total. The van der Waals surface area contributed by atoms with Crippen molar-refractivity contribution in [3.8, 4) is 0 Å². The number of allylic oxidation sites excluding steroid dienone is 4. The van der Waals surface area contributed by atoms with E-state index in [0.717, 1.165) is 40.0 Å². The molecule has 0 atom stereocenters. The molecule has 1 aromatic carbocycles. The van der Waals surface area contributed by atoms with Gasteiger partial charge in [-0.25, -0.2) is 0 Å². The molecule has 0 radical (unpaired) electrons. The van der Waals surface area contributed by atoms with Crippen LogP contribution in [0.4, 0.5) is 0 Å². The molecule has 3 heteroatoms. The summed E-state index contributed by atoms with van der Waals surface area (Å²) in [5.74, 6) is 0.00853. The minimum atomic E-state index is -0.0734. The standard InChI is InChI=1S/C19H20N2O/c1-5-13-14(8-9-17(13)20-4)12-6-7-15-16(10-12)19(2,3)11-21-18(15)22/h5-8,10H,1,4,9,11H2,2-3H3,(H,21,22). The number of aliphatic imine (C=N–C) groups is 1. The smallest absolute Gasteiger partial charge is 0.251 e. The molecule has 2 aliphatic rings. The highest BCUT2D eigenvalue weighted by molar-refractivity contribution is 5.98. The lowest BCUT2D eigenvalue weighted by Crippen LogP contribution is -2.43. The van der Waals surface area contributed by atoms with Crippen LogP contribution in [-0.4, -0.2) is 19.2 Å². The Labute approximate surface area is 131 Å². The summed E-state index contributed by atoms with van der Waals surface area (Å²) >= 11 is 0. The SMILES string of the molecule is C=CC1=C(N=C)CC=C1c1ccc2c(c1)C(C)(C)CNC2=O. The normalized spacial score (nSPS) is 19.4. The Morgan fingerprint density at radius 3 is 2.82 bits per heavy atom. The summed E-state index contributed by atoms with van der Waals surface area (Å²) in [6, 6.07) is 6.05. The maximum Gasteiger partial charge on any atom is 0.251 e. The lowest BCUT2D eigenvalue weighted by atomic mass is 9.77. The molecule has 3 rings (SSSR count). The summed E-state index contributed by atoms with van der Waals surface area (Å²) in [5, 5.41) is 2.95. The lowest BCUT2D eigenvalue weighted by molar-refractivity contribution is 0.0930. The van der Waals surface area contributed by atoms with Gasteiger partial charge in [-0.15, -0.1) is 0 Å². The summed E-state index contributed by atoms with van der Waals surface area (Å²) in [6.45, 7) is 12.5. The second-order valence-electron chi connectivity index (χ2n) is 6.37. The molecule has 0 bridgehead atoms. The highest BCUT2D eigenvalue weighted by Crippen LogP contribution is 2.38. The summed E-state index contributed by atoms with van der Waals surface area (Å²) in [4.78, 5) is 16.1. The molecule has 0 saturated heterocycles. The zero-order valence-corrected chi connectivity index (χ0v) is 13.1. The Kier molecular flexibility index (Phi) is 3.36. The third kappa shape index (κ3) is 2.13. The van der Waals surface area contributed by atoms with E-state index in [4.69, 9.17) is 0 Å². The van der Waals surface area contributed by atoms with Crippen LogP contribution in [0.2, 0.25) is 0 Å². The van der Waals surface area contributed by atoms with Gasteiger partial charge < -0.3 is 5.32 Å². The van der Waals surface area contributed by atoms with Crippen LogP contribution in [0.1, 0.15) is 41.8 Å². The Bertz CT molecular complexity index is 751. The van der Waals surface area contributed by atoms with Crippen molar-refractivity contribution in [1.82, 2.24) is 5.32 Å². The molecule has 22 heavy (non-hydrogen) atoms. The Balaban J connectivity index is 2.12. The van der Waals surface area contributed by atoms with Crippen molar-refractivity contribution in [2.75, 3.05) is 6.54 Å². The number of carbonyl (C=O) groups excluding carboxylic acids is 1. The van der Waals surface area contributed by atoms with Crippen molar-refractivity contribution in [3.05, 3.63) is 64.9 Å². The van der Waals surface area contributed by atoms with E-state index in [1.54, 1.807) is 0 Å². The molecular weight excluding hydrogens is 272 g/mol. The van der Waals surface area contributed by atoms with Crippen LogP contribution in [0.25, 0.3) is 5.57 Å². The predicted molar refractivity (Wildman–Crippen MR) is 91.2 cm³/mol. The molecule has 1 amide bonds. The zero-order valence-electron chi connectivity index (χ0n) is 13.1. The average molecular weight is 292 g/mol. The lowest BCUT2D eigenvalue weighted by Gasteiger charge is -2.33. The van der Waals surface area contributed by atoms with E-state index in [9.17, 15) is 4.79 Å². The van der Waals surface area contributed by atoms with E-state index < -0.39 is 0 Å². The maximum absolute atomic E-state index is 12.1. The zero-order chi connectivity index (χ0) is 15.9. The van der Waals surface area contributed by atoms with Gasteiger partial charge in [0.1, 0.15) is 0 Å². The molecule has 112 valence electrons. The van der Waals surface area contributed by atoms with Crippen molar-refractivity contribution < 1.29 is 4.79 Å². The molecule has 1 heterocycles. The molecule has 0 fully saturated rings. The van der Waals surface area contributed by atoms with Crippen molar-refractivity contribution in [2.24, 2.45) is 4.99 Å². The fraction of sp³-hybridized carbons (Fsp3) is 0.263. The third-order valence-corrected chi connectivity index (χ3v) is 4.49. The fourth-order valence-electron chi connectivity index (χ4n) is 3.19. The summed E-state index contributed by atoms with van der Waals surface area (Å²) in [6.07, 6.45) is 4.76. The minimum Gasteiger partial charge on any atom is -0.351 e. The molecule has 0 unspecified atom stereocenters. The Morgan fingerprint density at radius 1 is 1.36 bits per heavy atom. The first-order valence-electron chi connectivity index (χ1n) is 7.44. The van der Waals surface area contributed by atoms with E-state index in [-0.39, 0.29) is 11.3 Å². The first kappa shape index (κ1) is 14.5. The minimum absolute atomic E-state index is 0.00853. The van der Waals surface area contributed by atoms with E-state index in [1.807, 2.05) is 18.2 Å². The number of hydrogen-bond acceptors (Lipinski definition) is 2. The van der Waals surface area contributed by atoms with Crippen molar-refractivity contribution >= 4 is 18.2 Å². The van der Waals surface area contributed by atoms with Crippen LogP contribution < -0.4 is 5.32 Å². The topological polar surface area (TPSA) is 41.5 Å². The number of fused-ring (bicyclic) bond motifs is 1. The first-order valence-corrected chi connectivity index (χ1v) is 7.44. The first-order chi connectivity index (χ1) is 10.5. The van der Waals surface area contributed by atoms with Crippen molar-refractivity contribution in [1.29, 1.82) is 0 Å². The number of hydrogen-bond donors (Lipinski definition) is 1. The van der Waals surface area contributed by atoms with Crippen molar-refractivity contribution in [2.45, 2.75) is 25.7 Å². The molecule has 0 aromatic heterocycles. The number of rotatable bonds is 3. The van der Waals surface area contributed by atoms with Crippen LogP contribution in [0.3, 0.4) is 0 Å². The van der Waals surface area contributed by atoms with Crippen LogP contribution in [0, 0.1) is 0 Å². The van der Waals surface area contributed by atoms with Gasteiger partial charge in [0, 0.05) is 29.5 Å². The number of benzene rings is 1. The molecule has 1 aliphatic heterocycles. The van der Waals surface area contributed by atoms with Gasteiger partial charge in [-0.3, -0.25) is 9.79 Å². The Morgan fingerprint density at radius 2 is 2.14 bits per heavy atom. The predicted octanol–water partition coefficient (Wildman–Crippen LogP) is 3.64. The highest BCUT2D eigenvalue weighted by atomic mass is 16.1. The van der Waals surface area contributed by atoms with Crippen LogP contribution in [0.15, 0.2) is 53.2 Å². The monoisotopic (exact) mass is 292 g/mol. The van der Waals surface area contributed by atoms with E-state index >= 15 is 0 Å². The number of carbonyl (C=O) groups is 1. The van der Waals surface area contributed by atoms with Gasteiger partial charge in [0.2, 0.25) is 0 Å². The van der Waals surface area contributed by atoms with Gasteiger partial charge in [0.25, 0.3) is 5.91 Å². The van der Waals surface area contributed by atoms with Crippen LogP contribution >= 0.6 is 0 Å². The van der Waals surface area contributed by atoms with E-state index in [1.165, 1.54) is 0 Å². The number of nitrogens with zero attached hydrogens (tertiary/aromatic N) is 1. The van der Waals surface area contributed by atoms with Gasteiger partial charge in [-0.05, 0) is 35.6 Å². The average Bonchev–Trinajstić information content (AvgIpc) is 2.94. The molecule has 0 spiro atoms. The number of nitrogens with one attached hydrogen (secondary N) is 1. The summed E-state index contributed by atoms with van der Waals surface area (Å²) in [5.41, 5.74) is 6.02. The van der Waals surface area contributed by atoms with Crippen molar-refractivity contribution in [3.63, 3.8) is 0 Å². The maximum atomic E-state index is 12.1. The van der Waals surface area contributed by atoms with Crippen LogP contribution in [0.5, 0.6) is 0 Å². The Hall–Kier alpha value is -2.42. The third-order valence-electron chi connectivity index (χ3n) is 4.49. The molecule has 1 aromatic rings. The molecule has 1 aliphatic carbocycles. The van der Waals surface area contributed by atoms with Gasteiger partial charge in [-0.2, -0.15) is 0 Å². The fourth-order valence-corrected chi connectivity index (χ4v) is 3.19. The number of amides is 1. The van der Waals surface area contributed by atoms with Crippen LogP contribution in [-0.2, 0) is 5.41 Å². The summed E-state index contributed by atoms with van der Waals surface area (Å²) in [7, 11) is 0. The molecule has 3 nitrogen and oxygen atoms in total. The van der Waals surface area contributed by atoms with Gasteiger partial charge in [-0.1, -0.05) is 38.6 Å². The van der Waals surface area contributed by atoms with E-state index in [2.05, 4.69) is 49.6 Å². The highest BCUT2D eigenvalue weighted by Gasteiger charge is 2.32. The van der Waals surface area contributed by atoms with Gasteiger partial charge in [0.05, 0.1) is 5.70 Å². The summed E-state index contributed by atoms with van der Waals surface area (Å²) < 4.78 is 0. The quantitative estimate of drug-likeness (QED) is 0.849. The van der Waals surface area contributed by atoms with Gasteiger partial charge >= 0.3 is 0 Å². The largest absolute Gasteiger partial charge is 0.351 e. The molecule has 0 saturated carbocycles. The molecular formula is C19H20N2O. The van der Waals surface area contributed by atoms with Gasteiger partial charge in [0.15, 0.2) is 0 Å². The van der Waals surface area contributed by atoms with E-state index in [0.29, 0.717) is 6.54 Å². The second kappa shape index (κ2) is 5.09.